The van der Waals surface area contributed by atoms with Crippen LogP contribution in [-0.4, -0.2) is 24.3 Å². The summed E-state index contributed by atoms with van der Waals surface area (Å²) in [6, 6.07) is 8.66. The highest BCUT2D eigenvalue weighted by atomic mass is 16.5. The van der Waals surface area contributed by atoms with Crippen LogP contribution in [-0.2, 0) is 4.74 Å². The molecule has 3 atom stereocenters. The molecule has 2 aliphatic rings. The molecular formula is C18H21NO2. The van der Waals surface area contributed by atoms with Crippen molar-refractivity contribution in [3.8, 4) is 5.75 Å². The van der Waals surface area contributed by atoms with Crippen LogP contribution in [0.2, 0.25) is 0 Å². The van der Waals surface area contributed by atoms with Gasteiger partial charge in [-0.3, -0.25) is 4.98 Å². The molecule has 1 unspecified atom stereocenters. The Bertz CT molecular complexity index is 670. The van der Waals surface area contributed by atoms with E-state index in [9.17, 15) is 0 Å². The van der Waals surface area contributed by atoms with Gasteiger partial charge in [-0.1, -0.05) is 6.07 Å². The number of hydrogen-bond acceptors (Lipinski definition) is 3. The molecule has 3 nitrogen and oxygen atoms in total. The summed E-state index contributed by atoms with van der Waals surface area (Å²) >= 11 is 0. The predicted molar refractivity (Wildman–Crippen MR) is 82.9 cm³/mol. The maximum absolute atomic E-state index is 5.96. The molecule has 0 spiro atoms. The average molecular weight is 283 g/mol. The van der Waals surface area contributed by atoms with E-state index >= 15 is 0 Å². The first-order valence-electron chi connectivity index (χ1n) is 7.83. The van der Waals surface area contributed by atoms with Gasteiger partial charge in [-0.2, -0.15) is 0 Å². The fourth-order valence-electron chi connectivity index (χ4n) is 3.89. The number of ether oxygens (including phenoxy) is 2. The summed E-state index contributed by atoms with van der Waals surface area (Å²) in [6.07, 6.45) is 5.73. The highest BCUT2D eigenvalue weighted by molar-refractivity contribution is 5.86. The van der Waals surface area contributed by atoms with Crippen molar-refractivity contribution >= 4 is 10.9 Å². The summed E-state index contributed by atoms with van der Waals surface area (Å²) in [4.78, 5) is 4.61. The minimum atomic E-state index is 0.475. The van der Waals surface area contributed by atoms with Crippen molar-refractivity contribution in [1.82, 2.24) is 4.98 Å². The summed E-state index contributed by atoms with van der Waals surface area (Å²) in [7, 11) is 1.73. The van der Waals surface area contributed by atoms with E-state index < -0.39 is 0 Å². The van der Waals surface area contributed by atoms with Crippen LogP contribution < -0.4 is 4.74 Å². The summed E-state index contributed by atoms with van der Waals surface area (Å²) in [5, 5.41) is 1.12. The van der Waals surface area contributed by atoms with E-state index in [1.165, 1.54) is 18.4 Å². The summed E-state index contributed by atoms with van der Waals surface area (Å²) in [5.41, 5.74) is 3.42. The van der Waals surface area contributed by atoms with E-state index in [0.717, 1.165) is 35.2 Å². The van der Waals surface area contributed by atoms with Gasteiger partial charge >= 0.3 is 0 Å². The largest absolute Gasteiger partial charge is 0.496 e. The number of methoxy groups -OCH3 is 1. The van der Waals surface area contributed by atoms with Gasteiger partial charge in [-0.05, 0) is 56.2 Å². The zero-order valence-corrected chi connectivity index (χ0v) is 12.6. The van der Waals surface area contributed by atoms with E-state index in [0.29, 0.717) is 18.1 Å². The first kappa shape index (κ1) is 13.1. The minimum Gasteiger partial charge on any atom is -0.496 e. The van der Waals surface area contributed by atoms with Gasteiger partial charge < -0.3 is 9.47 Å². The van der Waals surface area contributed by atoms with Gasteiger partial charge in [0.2, 0.25) is 0 Å². The van der Waals surface area contributed by atoms with E-state index in [2.05, 4.69) is 23.2 Å². The molecule has 2 bridgehead atoms. The lowest BCUT2D eigenvalue weighted by molar-refractivity contribution is -0.00378. The molecule has 1 aromatic heterocycles. The Morgan fingerprint density at radius 2 is 1.90 bits per heavy atom. The standard InChI is InChI=1S/C18H21NO2/c1-11-7-18(20-2)16-10-12(3-6-17(16)19-11)13-8-14-4-5-15(9-13)21-14/h3,6-7,10,13-15H,4-5,8-9H2,1-2H3/t13?,14-,15+. The molecule has 0 saturated carbocycles. The SMILES string of the molecule is COc1cc(C)nc2ccc(C3C[C@H]4CC[C@@H](C3)O4)cc12. The lowest BCUT2D eigenvalue weighted by Gasteiger charge is -2.28. The molecule has 110 valence electrons. The molecule has 0 radical (unpaired) electrons. The second kappa shape index (κ2) is 4.99. The Labute approximate surface area is 125 Å². The molecule has 2 fully saturated rings. The number of pyridine rings is 1. The molecule has 0 N–H and O–H groups in total. The van der Waals surface area contributed by atoms with Crippen LogP contribution in [0.5, 0.6) is 5.75 Å². The first-order chi connectivity index (χ1) is 10.2. The van der Waals surface area contributed by atoms with E-state index in [4.69, 9.17) is 9.47 Å². The Morgan fingerprint density at radius 1 is 1.14 bits per heavy atom. The molecule has 1 aromatic carbocycles. The molecule has 21 heavy (non-hydrogen) atoms. The van der Waals surface area contributed by atoms with Crippen LogP contribution in [0.4, 0.5) is 0 Å². The monoisotopic (exact) mass is 283 g/mol. The zero-order chi connectivity index (χ0) is 14.4. The molecule has 2 aliphatic heterocycles. The van der Waals surface area contributed by atoms with E-state index in [-0.39, 0.29) is 0 Å². The van der Waals surface area contributed by atoms with Crippen LogP contribution in [0.3, 0.4) is 0 Å². The van der Waals surface area contributed by atoms with Crippen LogP contribution in [0, 0.1) is 6.92 Å². The van der Waals surface area contributed by atoms with Gasteiger partial charge in [-0.25, -0.2) is 0 Å². The van der Waals surface area contributed by atoms with Crippen molar-refractivity contribution in [2.24, 2.45) is 0 Å². The zero-order valence-electron chi connectivity index (χ0n) is 12.6. The number of rotatable bonds is 2. The Morgan fingerprint density at radius 3 is 2.62 bits per heavy atom. The molecule has 0 amide bonds. The fourth-order valence-corrected chi connectivity index (χ4v) is 3.89. The molecular weight excluding hydrogens is 262 g/mol. The lowest BCUT2D eigenvalue weighted by Crippen LogP contribution is -2.23. The number of nitrogens with zero attached hydrogens (tertiary/aromatic N) is 1. The van der Waals surface area contributed by atoms with Gasteiger partial charge in [-0.15, -0.1) is 0 Å². The average Bonchev–Trinajstić information content (AvgIpc) is 2.84. The molecule has 4 rings (SSSR count). The van der Waals surface area contributed by atoms with E-state index in [1.807, 2.05) is 13.0 Å². The molecule has 0 aliphatic carbocycles. The summed E-state index contributed by atoms with van der Waals surface area (Å²) in [6.45, 7) is 2.01. The van der Waals surface area contributed by atoms with Crippen molar-refractivity contribution in [1.29, 1.82) is 0 Å². The number of aromatic nitrogens is 1. The van der Waals surface area contributed by atoms with Crippen LogP contribution in [0.1, 0.15) is 42.9 Å². The fraction of sp³-hybridized carbons (Fsp3) is 0.500. The summed E-state index contributed by atoms with van der Waals surface area (Å²) in [5.74, 6) is 1.54. The van der Waals surface area contributed by atoms with Crippen molar-refractivity contribution in [2.75, 3.05) is 7.11 Å². The van der Waals surface area contributed by atoms with Gasteiger partial charge in [0.15, 0.2) is 0 Å². The van der Waals surface area contributed by atoms with Gasteiger partial charge in [0, 0.05) is 17.1 Å². The Kier molecular flexibility index (Phi) is 3.11. The van der Waals surface area contributed by atoms with Crippen LogP contribution >= 0.6 is 0 Å². The van der Waals surface area contributed by atoms with Crippen LogP contribution in [0.25, 0.3) is 10.9 Å². The van der Waals surface area contributed by atoms with Gasteiger partial charge in [0.1, 0.15) is 5.75 Å². The topological polar surface area (TPSA) is 31.4 Å². The van der Waals surface area contributed by atoms with Gasteiger partial charge in [0.25, 0.3) is 0 Å². The quantitative estimate of drug-likeness (QED) is 0.835. The molecule has 2 aromatic rings. The first-order valence-corrected chi connectivity index (χ1v) is 7.83. The maximum atomic E-state index is 5.96. The van der Waals surface area contributed by atoms with Crippen molar-refractivity contribution in [2.45, 2.75) is 50.7 Å². The van der Waals surface area contributed by atoms with Crippen molar-refractivity contribution in [3.05, 3.63) is 35.5 Å². The summed E-state index contributed by atoms with van der Waals surface area (Å²) < 4.78 is 11.5. The number of aryl methyl sites for hydroxylation is 1. The third kappa shape index (κ3) is 2.30. The number of fused-ring (bicyclic) bond motifs is 3. The molecule has 3 heteroatoms. The van der Waals surface area contributed by atoms with Crippen molar-refractivity contribution < 1.29 is 9.47 Å². The highest BCUT2D eigenvalue weighted by Crippen LogP contribution is 2.42. The number of benzene rings is 1. The third-order valence-electron chi connectivity index (χ3n) is 4.90. The highest BCUT2D eigenvalue weighted by Gasteiger charge is 2.35. The predicted octanol–water partition coefficient (Wildman–Crippen LogP) is 3.98. The normalized spacial score (nSPS) is 28.0. The molecule has 3 heterocycles. The second-order valence-corrected chi connectivity index (χ2v) is 6.37. The Balaban J connectivity index is 1.74. The third-order valence-corrected chi connectivity index (χ3v) is 4.90. The van der Waals surface area contributed by atoms with Gasteiger partial charge in [0.05, 0.1) is 24.8 Å². The lowest BCUT2D eigenvalue weighted by atomic mass is 9.88. The van der Waals surface area contributed by atoms with E-state index in [1.54, 1.807) is 7.11 Å². The second-order valence-electron chi connectivity index (χ2n) is 6.37. The minimum absolute atomic E-state index is 0.475. The van der Waals surface area contributed by atoms with Crippen LogP contribution in [0.15, 0.2) is 24.3 Å². The maximum Gasteiger partial charge on any atom is 0.130 e. The number of hydrogen-bond donors (Lipinski definition) is 0. The Hall–Kier alpha value is -1.61. The smallest absolute Gasteiger partial charge is 0.130 e. The molecule has 2 saturated heterocycles. The van der Waals surface area contributed by atoms with Crippen molar-refractivity contribution in [3.63, 3.8) is 0 Å².